The summed E-state index contributed by atoms with van der Waals surface area (Å²) in [5, 5.41) is 3.10. The Hall–Kier alpha value is -1.30. The Balaban J connectivity index is 1.57. The second-order valence-electron chi connectivity index (χ2n) is 6.58. The molecule has 0 spiro atoms. The van der Waals surface area contributed by atoms with Crippen molar-refractivity contribution < 1.29 is 26.4 Å². The predicted molar refractivity (Wildman–Crippen MR) is 95.6 cm³/mol. The minimum Gasteiger partial charge on any atom is -0.331 e. The van der Waals surface area contributed by atoms with Crippen molar-refractivity contribution in [2.24, 2.45) is 5.92 Å². The molecule has 6 nitrogen and oxygen atoms in total. The van der Waals surface area contributed by atoms with Crippen LogP contribution >= 0.6 is 11.8 Å². The highest BCUT2D eigenvalue weighted by molar-refractivity contribution is 7.99. The normalized spacial score (nSPS) is 23.7. The van der Waals surface area contributed by atoms with Crippen LogP contribution in [0.15, 0.2) is 29.2 Å². The molecule has 2 atom stereocenters. The fourth-order valence-electron chi connectivity index (χ4n) is 3.11. The Morgan fingerprint density at radius 3 is 2.81 bits per heavy atom. The van der Waals surface area contributed by atoms with Crippen LogP contribution in [0, 0.1) is 5.92 Å². The van der Waals surface area contributed by atoms with E-state index in [0.717, 1.165) is 24.0 Å². The average molecular weight is 423 g/mol. The molecule has 27 heavy (non-hydrogen) atoms. The van der Waals surface area contributed by atoms with Gasteiger partial charge in [0.05, 0.1) is 22.4 Å². The van der Waals surface area contributed by atoms with Crippen LogP contribution in [-0.4, -0.2) is 56.5 Å². The van der Waals surface area contributed by atoms with Crippen LogP contribution in [0.1, 0.15) is 12.0 Å². The SMILES string of the molecule is O=C([C@@H]1C[C@H](CNS(=O)(=O)c2cccc(C(F)(F)F)c2)CN1)N1CCSC1. The van der Waals surface area contributed by atoms with Crippen LogP contribution in [0.5, 0.6) is 0 Å². The lowest BCUT2D eigenvalue weighted by Crippen LogP contribution is -2.42. The molecule has 0 radical (unpaired) electrons. The molecule has 1 aromatic carbocycles. The molecule has 0 bridgehead atoms. The molecule has 0 saturated carbocycles. The van der Waals surface area contributed by atoms with Crippen molar-refractivity contribution in [1.82, 2.24) is 14.9 Å². The molecule has 1 aromatic rings. The highest BCUT2D eigenvalue weighted by atomic mass is 32.2. The molecule has 0 aromatic heterocycles. The van der Waals surface area contributed by atoms with E-state index in [4.69, 9.17) is 0 Å². The summed E-state index contributed by atoms with van der Waals surface area (Å²) in [6.07, 6.45) is -4.12. The van der Waals surface area contributed by atoms with Gasteiger partial charge in [-0.1, -0.05) is 6.07 Å². The minimum atomic E-state index is -4.61. The van der Waals surface area contributed by atoms with Gasteiger partial charge in [0.1, 0.15) is 0 Å². The van der Waals surface area contributed by atoms with Crippen molar-refractivity contribution in [1.29, 1.82) is 0 Å². The molecule has 2 aliphatic heterocycles. The highest BCUT2D eigenvalue weighted by Crippen LogP contribution is 2.30. The van der Waals surface area contributed by atoms with Gasteiger partial charge in [0.25, 0.3) is 0 Å². The summed E-state index contributed by atoms with van der Waals surface area (Å²) in [6.45, 7) is 1.25. The number of nitrogens with one attached hydrogen (secondary N) is 2. The predicted octanol–water partition coefficient (Wildman–Crippen LogP) is 1.49. The third kappa shape index (κ3) is 4.95. The Labute approximate surface area is 159 Å². The number of carbonyl (C=O) groups is 1. The van der Waals surface area contributed by atoms with Gasteiger partial charge < -0.3 is 10.2 Å². The maximum Gasteiger partial charge on any atom is 0.416 e. The Bertz CT molecular complexity index is 796. The number of benzene rings is 1. The molecule has 2 heterocycles. The van der Waals surface area contributed by atoms with E-state index in [0.29, 0.717) is 31.5 Å². The first-order chi connectivity index (χ1) is 12.7. The zero-order valence-corrected chi connectivity index (χ0v) is 16.0. The number of alkyl halides is 3. The Morgan fingerprint density at radius 1 is 1.37 bits per heavy atom. The maximum atomic E-state index is 12.8. The van der Waals surface area contributed by atoms with Crippen molar-refractivity contribution in [2.75, 3.05) is 31.3 Å². The van der Waals surface area contributed by atoms with Crippen LogP contribution < -0.4 is 10.0 Å². The first-order valence-electron chi connectivity index (χ1n) is 8.43. The van der Waals surface area contributed by atoms with Crippen LogP contribution in [0.2, 0.25) is 0 Å². The van der Waals surface area contributed by atoms with Gasteiger partial charge in [-0.15, -0.1) is 11.8 Å². The van der Waals surface area contributed by atoms with E-state index in [2.05, 4.69) is 10.0 Å². The molecule has 0 aliphatic carbocycles. The van der Waals surface area contributed by atoms with E-state index < -0.39 is 26.7 Å². The van der Waals surface area contributed by atoms with Gasteiger partial charge >= 0.3 is 6.18 Å². The summed E-state index contributed by atoms with van der Waals surface area (Å²) in [4.78, 5) is 13.7. The summed E-state index contributed by atoms with van der Waals surface area (Å²) < 4.78 is 65.3. The van der Waals surface area contributed by atoms with E-state index in [1.807, 2.05) is 0 Å². The van der Waals surface area contributed by atoms with Gasteiger partial charge in [-0.2, -0.15) is 13.2 Å². The van der Waals surface area contributed by atoms with Crippen LogP contribution in [0.4, 0.5) is 13.2 Å². The lowest BCUT2D eigenvalue weighted by molar-refractivity contribution is -0.137. The summed E-state index contributed by atoms with van der Waals surface area (Å²) in [5.74, 6) is 1.50. The standard InChI is InChI=1S/C16H20F3N3O3S2/c17-16(18,19)12-2-1-3-13(7-12)27(24,25)21-9-11-6-14(20-8-11)15(23)22-4-5-26-10-22/h1-3,7,11,14,20-21H,4-6,8-10H2/t11-,14-/m0/s1. The molecule has 2 N–H and O–H groups in total. The van der Waals surface area contributed by atoms with E-state index in [-0.39, 0.29) is 24.4 Å². The number of carbonyl (C=O) groups excluding carboxylic acids is 1. The van der Waals surface area contributed by atoms with Gasteiger partial charge in [0, 0.05) is 25.4 Å². The number of amides is 1. The lowest BCUT2D eigenvalue weighted by atomic mass is 10.1. The molecular weight excluding hydrogens is 403 g/mol. The van der Waals surface area contributed by atoms with Gasteiger partial charge in [-0.3, -0.25) is 4.79 Å². The van der Waals surface area contributed by atoms with Gasteiger partial charge in [0.15, 0.2) is 0 Å². The third-order valence-corrected chi connectivity index (χ3v) is 7.00. The zero-order valence-electron chi connectivity index (χ0n) is 14.3. The average Bonchev–Trinajstić information content (AvgIpc) is 3.31. The fraction of sp³-hybridized carbons (Fsp3) is 0.562. The number of rotatable bonds is 5. The van der Waals surface area contributed by atoms with E-state index in [9.17, 15) is 26.4 Å². The zero-order chi connectivity index (χ0) is 19.7. The lowest BCUT2D eigenvalue weighted by Gasteiger charge is -2.19. The molecule has 0 unspecified atom stereocenters. The first kappa shape index (κ1) is 20.4. The van der Waals surface area contributed by atoms with Crippen molar-refractivity contribution in [3.63, 3.8) is 0 Å². The number of sulfonamides is 1. The van der Waals surface area contributed by atoms with Crippen LogP contribution in [-0.2, 0) is 21.0 Å². The topological polar surface area (TPSA) is 78.5 Å². The van der Waals surface area contributed by atoms with Crippen molar-refractivity contribution >= 4 is 27.7 Å². The van der Waals surface area contributed by atoms with Crippen molar-refractivity contribution in [2.45, 2.75) is 23.5 Å². The van der Waals surface area contributed by atoms with Crippen molar-refractivity contribution in [3.8, 4) is 0 Å². The second kappa shape index (κ2) is 7.98. The number of hydrogen-bond donors (Lipinski definition) is 2. The van der Waals surface area contributed by atoms with Gasteiger partial charge in [-0.25, -0.2) is 13.1 Å². The molecule has 2 fully saturated rings. The van der Waals surface area contributed by atoms with Crippen LogP contribution in [0.3, 0.4) is 0 Å². The molecule has 2 saturated heterocycles. The first-order valence-corrected chi connectivity index (χ1v) is 11.1. The molecule has 11 heteroatoms. The molecule has 150 valence electrons. The van der Waals surface area contributed by atoms with Gasteiger partial charge in [0.2, 0.25) is 15.9 Å². The summed E-state index contributed by atoms with van der Waals surface area (Å²) in [5.41, 5.74) is -1.01. The van der Waals surface area contributed by atoms with E-state index in [1.54, 1.807) is 16.7 Å². The summed E-state index contributed by atoms with van der Waals surface area (Å²) in [7, 11) is -4.06. The fourth-order valence-corrected chi connectivity index (χ4v) is 5.23. The monoisotopic (exact) mass is 423 g/mol. The van der Waals surface area contributed by atoms with E-state index >= 15 is 0 Å². The largest absolute Gasteiger partial charge is 0.416 e. The highest BCUT2D eigenvalue weighted by Gasteiger charge is 2.34. The quantitative estimate of drug-likeness (QED) is 0.751. The molecule has 3 rings (SSSR count). The van der Waals surface area contributed by atoms with E-state index in [1.165, 1.54) is 0 Å². The van der Waals surface area contributed by atoms with Crippen LogP contribution in [0.25, 0.3) is 0 Å². The maximum absolute atomic E-state index is 12.8. The molecule has 1 amide bonds. The Kier molecular flexibility index (Phi) is 6.04. The number of halogens is 3. The van der Waals surface area contributed by atoms with Crippen molar-refractivity contribution in [3.05, 3.63) is 29.8 Å². The second-order valence-corrected chi connectivity index (χ2v) is 9.42. The number of hydrogen-bond acceptors (Lipinski definition) is 5. The third-order valence-electron chi connectivity index (χ3n) is 4.62. The number of thioether (sulfide) groups is 1. The minimum absolute atomic E-state index is 0.0169. The summed E-state index contributed by atoms with van der Waals surface area (Å²) >= 11 is 1.69. The molecular formula is C16H20F3N3O3S2. The molecule has 2 aliphatic rings. The van der Waals surface area contributed by atoms with Gasteiger partial charge in [-0.05, 0) is 30.5 Å². The smallest absolute Gasteiger partial charge is 0.331 e. The Morgan fingerprint density at radius 2 is 2.15 bits per heavy atom. The summed E-state index contributed by atoms with van der Waals surface area (Å²) in [6, 6.07) is 3.30. The number of nitrogens with zero attached hydrogens (tertiary/aromatic N) is 1.